The molecule has 2 unspecified atom stereocenters. The number of phenols is 2. The number of nitrogens with zero attached hydrogens (tertiary/aromatic N) is 2. The maximum atomic E-state index is 11.8. The highest BCUT2D eigenvalue weighted by atomic mass is 32.2. The van der Waals surface area contributed by atoms with Gasteiger partial charge in [-0.3, -0.25) is 0 Å². The monoisotopic (exact) mass is 730 g/mol. The van der Waals surface area contributed by atoms with Gasteiger partial charge in [0.15, 0.2) is 0 Å². The standard InChI is InChI=1S/C46H54N2O2S2/c1-45(2,3)37-21-35(43(49)39(23-37)47-25-31-15-11-12-16-32(31)26-47)29-51-41-19-9-7-8-10-20-42(41)52-30-36-22-38(46(4,5)6)24-40(44(36)50)48-27-33-17-13-14-18-34(33)28-48/h11-18,21-28,41-42,49-50H,7-10,19-20,29-30H2,1-6H3. The molecule has 6 heteroatoms. The number of aromatic nitrogens is 2. The van der Waals surface area contributed by atoms with E-state index in [0.29, 0.717) is 22.0 Å². The van der Waals surface area contributed by atoms with Gasteiger partial charge in [-0.25, -0.2) is 0 Å². The fourth-order valence-corrected chi connectivity index (χ4v) is 10.5. The summed E-state index contributed by atoms with van der Waals surface area (Å²) in [6, 6.07) is 25.6. The van der Waals surface area contributed by atoms with Gasteiger partial charge in [-0.1, -0.05) is 128 Å². The van der Waals surface area contributed by atoms with Crippen LogP contribution in [0.3, 0.4) is 0 Å². The van der Waals surface area contributed by atoms with Crippen molar-refractivity contribution in [2.45, 2.75) is 113 Å². The molecule has 52 heavy (non-hydrogen) atoms. The number of aromatic hydroxyl groups is 2. The lowest BCUT2D eigenvalue weighted by molar-refractivity contribution is 0.465. The van der Waals surface area contributed by atoms with Crippen molar-refractivity contribution in [3.63, 3.8) is 0 Å². The summed E-state index contributed by atoms with van der Waals surface area (Å²) in [7, 11) is 0. The first-order valence-corrected chi connectivity index (χ1v) is 21.0. The molecule has 0 bridgehead atoms. The van der Waals surface area contributed by atoms with Crippen molar-refractivity contribution in [2.75, 3.05) is 0 Å². The number of rotatable bonds is 8. The van der Waals surface area contributed by atoms with Crippen molar-refractivity contribution in [3.8, 4) is 22.9 Å². The molecule has 4 nitrogen and oxygen atoms in total. The molecule has 1 aliphatic carbocycles. The zero-order valence-electron chi connectivity index (χ0n) is 31.7. The van der Waals surface area contributed by atoms with Crippen LogP contribution in [-0.4, -0.2) is 29.8 Å². The summed E-state index contributed by atoms with van der Waals surface area (Å²) >= 11 is 4.03. The normalized spacial score (nSPS) is 17.4. The summed E-state index contributed by atoms with van der Waals surface area (Å²) in [6.07, 6.45) is 15.9. The Hall–Kier alpha value is -3.74. The van der Waals surface area contributed by atoms with Crippen LogP contribution in [0.2, 0.25) is 0 Å². The molecular formula is C46H54N2O2S2. The van der Waals surface area contributed by atoms with E-state index in [-0.39, 0.29) is 10.8 Å². The van der Waals surface area contributed by atoms with Gasteiger partial charge in [0, 0.05) is 57.9 Å². The van der Waals surface area contributed by atoms with Crippen molar-refractivity contribution in [1.82, 2.24) is 9.13 Å². The number of fused-ring (bicyclic) bond motifs is 2. The molecule has 0 spiro atoms. The number of benzene rings is 4. The van der Waals surface area contributed by atoms with E-state index in [9.17, 15) is 10.2 Å². The second kappa shape index (κ2) is 14.9. The van der Waals surface area contributed by atoms with Crippen molar-refractivity contribution in [2.24, 2.45) is 0 Å². The largest absolute Gasteiger partial charge is 0.505 e. The third kappa shape index (κ3) is 7.94. The molecule has 272 valence electrons. The molecule has 2 atom stereocenters. The average molecular weight is 731 g/mol. The Balaban J connectivity index is 1.16. The molecule has 0 radical (unpaired) electrons. The van der Waals surface area contributed by atoms with E-state index in [1.165, 1.54) is 71.2 Å². The second-order valence-corrected chi connectivity index (χ2v) is 19.2. The van der Waals surface area contributed by atoms with Crippen LogP contribution in [0.4, 0.5) is 0 Å². The molecule has 1 aliphatic rings. The summed E-state index contributed by atoms with van der Waals surface area (Å²) in [6.45, 7) is 13.5. The summed E-state index contributed by atoms with van der Waals surface area (Å²) in [5.74, 6) is 2.29. The average Bonchev–Trinajstić information content (AvgIpc) is 3.72. The van der Waals surface area contributed by atoms with Gasteiger partial charge in [-0.05, 0) is 68.5 Å². The molecular weight excluding hydrogens is 677 g/mol. The van der Waals surface area contributed by atoms with Crippen molar-refractivity contribution in [3.05, 3.63) is 120 Å². The molecule has 7 rings (SSSR count). The van der Waals surface area contributed by atoms with Crippen LogP contribution in [0.5, 0.6) is 11.5 Å². The Morgan fingerprint density at radius 3 is 1.21 bits per heavy atom. The van der Waals surface area contributed by atoms with Crippen molar-refractivity contribution >= 4 is 45.1 Å². The Kier molecular flexibility index (Phi) is 10.5. The van der Waals surface area contributed by atoms with E-state index in [1.54, 1.807) is 0 Å². The van der Waals surface area contributed by atoms with Gasteiger partial charge < -0.3 is 19.3 Å². The molecule has 0 saturated heterocycles. The van der Waals surface area contributed by atoms with E-state index in [1.807, 2.05) is 23.5 Å². The molecule has 2 aromatic heterocycles. The van der Waals surface area contributed by atoms with Crippen LogP contribution in [0.15, 0.2) is 97.6 Å². The lowest BCUT2D eigenvalue weighted by Crippen LogP contribution is -2.22. The molecule has 0 aliphatic heterocycles. The number of thioether (sulfide) groups is 2. The van der Waals surface area contributed by atoms with Gasteiger partial charge in [-0.2, -0.15) is 23.5 Å². The molecule has 6 aromatic rings. The van der Waals surface area contributed by atoms with E-state index in [4.69, 9.17) is 0 Å². The highest BCUT2D eigenvalue weighted by Gasteiger charge is 2.27. The van der Waals surface area contributed by atoms with Gasteiger partial charge >= 0.3 is 0 Å². The van der Waals surface area contributed by atoms with Crippen LogP contribution in [0.25, 0.3) is 32.9 Å². The number of phenolic OH excluding ortho intramolecular Hbond substituents is 2. The fourth-order valence-electron chi connectivity index (χ4n) is 7.47. The lowest BCUT2D eigenvalue weighted by Gasteiger charge is -2.30. The van der Waals surface area contributed by atoms with Crippen LogP contribution < -0.4 is 0 Å². The minimum Gasteiger partial charge on any atom is -0.505 e. The molecule has 2 N–H and O–H groups in total. The SMILES string of the molecule is CC(C)(C)c1cc(CSC2CCCCCCC2SCc2cc(C(C)(C)C)cc(-n3cc4ccccc4c3)c2O)c(O)c(-n2cc3ccccc3c2)c1. The summed E-state index contributed by atoms with van der Waals surface area (Å²) < 4.78 is 4.20. The summed E-state index contributed by atoms with van der Waals surface area (Å²) in [4.78, 5) is 0. The fraction of sp³-hybridized carbons (Fsp3) is 0.391. The highest BCUT2D eigenvalue weighted by molar-refractivity contribution is 8.03. The second-order valence-electron chi connectivity index (χ2n) is 16.8. The Bertz CT molecular complexity index is 1960. The van der Waals surface area contributed by atoms with E-state index >= 15 is 0 Å². The van der Waals surface area contributed by atoms with E-state index in [2.05, 4.69) is 148 Å². The van der Waals surface area contributed by atoms with Gasteiger partial charge in [0.1, 0.15) is 11.5 Å². The predicted octanol–water partition coefficient (Wildman–Crippen LogP) is 12.8. The zero-order valence-corrected chi connectivity index (χ0v) is 33.3. The minimum absolute atomic E-state index is 0.0527. The predicted molar refractivity (Wildman–Crippen MR) is 225 cm³/mol. The molecule has 4 aromatic carbocycles. The smallest absolute Gasteiger partial charge is 0.143 e. The molecule has 2 heterocycles. The minimum atomic E-state index is -0.0527. The Labute approximate surface area is 318 Å². The Morgan fingerprint density at radius 2 is 0.885 bits per heavy atom. The maximum Gasteiger partial charge on any atom is 0.143 e. The summed E-state index contributed by atoms with van der Waals surface area (Å²) in [5.41, 5.74) is 6.08. The van der Waals surface area contributed by atoms with Crippen molar-refractivity contribution in [1.29, 1.82) is 0 Å². The van der Waals surface area contributed by atoms with E-state index < -0.39 is 0 Å². The zero-order chi connectivity index (χ0) is 36.6. The van der Waals surface area contributed by atoms with E-state index in [0.717, 1.165) is 34.0 Å². The van der Waals surface area contributed by atoms with Crippen LogP contribution >= 0.6 is 23.5 Å². The molecule has 1 saturated carbocycles. The Morgan fingerprint density at radius 1 is 0.538 bits per heavy atom. The first kappa shape index (κ1) is 36.6. The van der Waals surface area contributed by atoms with Gasteiger partial charge in [-0.15, -0.1) is 0 Å². The summed E-state index contributed by atoms with van der Waals surface area (Å²) in [5, 5.41) is 29.2. The third-order valence-electron chi connectivity index (χ3n) is 10.8. The lowest BCUT2D eigenvalue weighted by atomic mass is 9.85. The van der Waals surface area contributed by atoms with Crippen LogP contribution in [-0.2, 0) is 22.3 Å². The van der Waals surface area contributed by atoms with Crippen LogP contribution in [0, 0.1) is 0 Å². The molecule has 0 amide bonds. The first-order chi connectivity index (χ1) is 24.8. The van der Waals surface area contributed by atoms with Crippen molar-refractivity contribution < 1.29 is 10.2 Å². The van der Waals surface area contributed by atoms with Gasteiger partial charge in [0.25, 0.3) is 0 Å². The number of hydrogen-bond acceptors (Lipinski definition) is 4. The van der Waals surface area contributed by atoms with Crippen LogP contribution in [0.1, 0.15) is 102 Å². The highest BCUT2D eigenvalue weighted by Crippen LogP contribution is 2.43. The molecule has 1 fully saturated rings. The first-order valence-electron chi connectivity index (χ1n) is 19.0. The number of hydrogen-bond donors (Lipinski definition) is 2. The topological polar surface area (TPSA) is 50.3 Å². The third-order valence-corrected chi connectivity index (χ3v) is 13.9. The maximum absolute atomic E-state index is 11.8. The van der Waals surface area contributed by atoms with Gasteiger partial charge in [0.2, 0.25) is 0 Å². The van der Waals surface area contributed by atoms with Gasteiger partial charge in [0.05, 0.1) is 11.4 Å². The quantitative estimate of drug-likeness (QED) is 0.164.